The Morgan fingerprint density at radius 2 is 2.50 bits per heavy atom. The Kier molecular flexibility index (Phi) is 2.30. The van der Waals surface area contributed by atoms with E-state index in [9.17, 15) is 0 Å². The lowest BCUT2D eigenvalue weighted by Gasteiger charge is -1.94. The van der Waals surface area contributed by atoms with Crippen LogP contribution in [0.3, 0.4) is 0 Å². The molecule has 0 radical (unpaired) electrons. The fraction of sp³-hybridized carbons (Fsp3) is 0.143. The largest absolute Gasteiger partial charge is 0.249 e. The number of hydrogen-bond acceptors (Lipinski definition) is 3. The number of pyridine rings is 1. The Morgan fingerprint density at radius 1 is 1.70 bits per heavy atom. The predicted octanol–water partition coefficient (Wildman–Crippen LogP) is 1.68. The lowest BCUT2D eigenvalue weighted by Crippen LogP contribution is -1.82. The Bertz CT molecular complexity index is 265. The summed E-state index contributed by atoms with van der Waals surface area (Å²) in [5.41, 5.74) is 0.648. The molecule has 0 atom stereocenters. The molecular weight excluding hydrogens is 144 g/mol. The summed E-state index contributed by atoms with van der Waals surface area (Å²) in [6.07, 6.45) is 3.59. The van der Waals surface area contributed by atoms with Crippen LogP contribution in [0, 0.1) is 11.3 Å². The zero-order valence-corrected chi connectivity index (χ0v) is 6.35. The molecule has 1 heterocycles. The van der Waals surface area contributed by atoms with Gasteiger partial charge in [-0.2, -0.15) is 5.26 Å². The van der Waals surface area contributed by atoms with E-state index in [0.29, 0.717) is 5.56 Å². The molecule has 2 nitrogen and oxygen atoms in total. The lowest BCUT2D eigenvalue weighted by molar-refractivity contribution is 1.11. The van der Waals surface area contributed by atoms with Crippen molar-refractivity contribution in [1.29, 1.82) is 5.26 Å². The molecule has 0 aliphatic rings. The van der Waals surface area contributed by atoms with Gasteiger partial charge in [-0.25, -0.2) is 4.98 Å². The summed E-state index contributed by atoms with van der Waals surface area (Å²) in [5.74, 6) is 0. The number of thioether (sulfide) groups is 1. The molecule has 1 aromatic rings. The number of rotatable bonds is 1. The minimum Gasteiger partial charge on any atom is -0.249 e. The quantitative estimate of drug-likeness (QED) is 0.571. The van der Waals surface area contributed by atoms with Gasteiger partial charge in [0.05, 0.1) is 5.56 Å². The van der Waals surface area contributed by atoms with E-state index in [1.807, 2.05) is 6.26 Å². The molecule has 0 fully saturated rings. The first-order valence-electron chi connectivity index (χ1n) is 2.77. The van der Waals surface area contributed by atoms with Crippen LogP contribution < -0.4 is 0 Å². The molecule has 0 amide bonds. The average molecular weight is 150 g/mol. The molecular formula is C7H6N2S. The SMILES string of the molecule is CSc1ncccc1C#N. The normalized spacial score (nSPS) is 8.80. The van der Waals surface area contributed by atoms with Crippen LogP contribution in [0.1, 0.15) is 5.56 Å². The van der Waals surface area contributed by atoms with Crippen LogP contribution in [-0.2, 0) is 0 Å². The standard InChI is InChI=1S/C7H6N2S/c1-10-7-6(5-8)3-2-4-9-7/h2-4H,1H3. The Labute approximate surface area is 63.9 Å². The van der Waals surface area contributed by atoms with Crippen LogP contribution in [0.2, 0.25) is 0 Å². The second kappa shape index (κ2) is 3.23. The van der Waals surface area contributed by atoms with E-state index >= 15 is 0 Å². The monoisotopic (exact) mass is 150 g/mol. The predicted molar refractivity (Wildman–Crippen MR) is 40.7 cm³/mol. The highest BCUT2D eigenvalue weighted by Gasteiger charge is 1.97. The Morgan fingerprint density at radius 3 is 3.00 bits per heavy atom. The molecule has 3 heteroatoms. The van der Waals surface area contributed by atoms with E-state index in [1.165, 1.54) is 11.8 Å². The molecule has 0 unspecified atom stereocenters. The minimum absolute atomic E-state index is 0.648. The molecule has 50 valence electrons. The fourth-order valence-corrected chi connectivity index (χ4v) is 1.14. The van der Waals surface area contributed by atoms with Crippen LogP contribution in [-0.4, -0.2) is 11.2 Å². The van der Waals surface area contributed by atoms with E-state index in [4.69, 9.17) is 5.26 Å². The third-order valence-corrected chi connectivity index (χ3v) is 1.80. The van der Waals surface area contributed by atoms with Crippen molar-refractivity contribution in [2.75, 3.05) is 6.26 Å². The Hall–Kier alpha value is -1.01. The van der Waals surface area contributed by atoms with E-state index in [2.05, 4.69) is 11.1 Å². The molecule has 0 N–H and O–H groups in total. The maximum absolute atomic E-state index is 8.55. The number of aromatic nitrogens is 1. The van der Waals surface area contributed by atoms with Crippen LogP contribution in [0.25, 0.3) is 0 Å². The van der Waals surface area contributed by atoms with Crippen molar-refractivity contribution in [2.45, 2.75) is 5.03 Å². The zero-order valence-electron chi connectivity index (χ0n) is 5.53. The van der Waals surface area contributed by atoms with Crippen molar-refractivity contribution < 1.29 is 0 Å². The number of hydrogen-bond donors (Lipinski definition) is 0. The summed E-state index contributed by atoms with van der Waals surface area (Å²) < 4.78 is 0. The first kappa shape index (κ1) is 7.10. The molecule has 0 aliphatic heterocycles. The average Bonchev–Trinajstić information content (AvgIpc) is 2.04. The van der Waals surface area contributed by atoms with Crippen LogP contribution in [0.15, 0.2) is 23.4 Å². The van der Waals surface area contributed by atoms with Gasteiger partial charge >= 0.3 is 0 Å². The van der Waals surface area contributed by atoms with Crippen LogP contribution in [0.4, 0.5) is 0 Å². The highest BCUT2D eigenvalue weighted by atomic mass is 32.2. The Balaban J connectivity index is 3.12. The summed E-state index contributed by atoms with van der Waals surface area (Å²) in [6.45, 7) is 0. The third-order valence-electron chi connectivity index (χ3n) is 1.08. The smallest absolute Gasteiger partial charge is 0.113 e. The molecule has 1 aromatic heterocycles. The van der Waals surface area contributed by atoms with Gasteiger partial charge in [0.1, 0.15) is 11.1 Å². The van der Waals surface area contributed by atoms with E-state index in [-0.39, 0.29) is 0 Å². The van der Waals surface area contributed by atoms with Gasteiger partial charge in [-0.1, -0.05) is 0 Å². The summed E-state index contributed by atoms with van der Waals surface area (Å²) in [6, 6.07) is 5.59. The molecule has 1 rings (SSSR count). The van der Waals surface area contributed by atoms with Gasteiger partial charge < -0.3 is 0 Å². The van der Waals surface area contributed by atoms with Crippen LogP contribution in [0.5, 0.6) is 0 Å². The van der Waals surface area contributed by atoms with E-state index in [1.54, 1.807) is 18.3 Å². The van der Waals surface area contributed by atoms with Crippen molar-refractivity contribution in [1.82, 2.24) is 4.98 Å². The highest BCUT2D eigenvalue weighted by molar-refractivity contribution is 7.98. The van der Waals surface area contributed by atoms with Crippen molar-refractivity contribution in [3.05, 3.63) is 23.9 Å². The van der Waals surface area contributed by atoms with Gasteiger partial charge in [-0.05, 0) is 18.4 Å². The van der Waals surface area contributed by atoms with Gasteiger partial charge in [0.25, 0.3) is 0 Å². The van der Waals surface area contributed by atoms with Crippen molar-refractivity contribution in [3.63, 3.8) is 0 Å². The first-order chi connectivity index (χ1) is 4.88. The zero-order chi connectivity index (χ0) is 7.40. The molecule has 0 aliphatic carbocycles. The van der Waals surface area contributed by atoms with E-state index < -0.39 is 0 Å². The van der Waals surface area contributed by atoms with Crippen LogP contribution >= 0.6 is 11.8 Å². The molecule has 0 saturated heterocycles. The molecule has 0 bridgehead atoms. The van der Waals surface area contributed by atoms with Crippen molar-refractivity contribution >= 4 is 11.8 Å². The number of nitriles is 1. The minimum atomic E-state index is 0.648. The van der Waals surface area contributed by atoms with Gasteiger partial charge in [0.15, 0.2) is 0 Å². The topological polar surface area (TPSA) is 36.7 Å². The molecule has 10 heavy (non-hydrogen) atoms. The summed E-state index contributed by atoms with van der Waals surface area (Å²) >= 11 is 1.49. The lowest BCUT2D eigenvalue weighted by atomic mass is 10.3. The summed E-state index contributed by atoms with van der Waals surface area (Å²) in [5, 5.41) is 9.34. The number of nitrogens with zero attached hydrogens (tertiary/aromatic N) is 2. The third kappa shape index (κ3) is 1.28. The van der Waals surface area contributed by atoms with Crippen molar-refractivity contribution in [3.8, 4) is 6.07 Å². The van der Waals surface area contributed by atoms with Crippen molar-refractivity contribution in [2.24, 2.45) is 0 Å². The second-order valence-electron chi connectivity index (χ2n) is 1.67. The maximum Gasteiger partial charge on any atom is 0.113 e. The molecule has 0 aromatic carbocycles. The maximum atomic E-state index is 8.55. The second-order valence-corrected chi connectivity index (χ2v) is 2.47. The summed E-state index contributed by atoms with van der Waals surface area (Å²) in [7, 11) is 0. The van der Waals surface area contributed by atoms with Gasteiger partial charge in [-0.15, -0.1) is 11.8 Å². The summed E-state index contributed by atoms with van der Waals surface area (Å²) in [4.78, 5) is 4.01. The molecule has 0 spiro atoms. The highest BCUT2D eigenvalue weighted by Crippen LogP contribution is 2.14. The van der Waals surface area contributed by atoms with Gasteiger partial charge in [0.2, 0.25) is 0 Å². The fourth-order valence-electron chi connectivity index (χ4n) is 0.639. The van der Waals surface area contributed by atoms with E-state index in [0.717, 1.165) is 5.03 Å². The van der Waals surface area contributed by atoms with Gasteiger partial charge in [-0.3, -0.25) is 0 Å². The first-order valence-corrected chi connectivity index (χ1v) is 4.00. The van der Waals surface area contributed by atoms with Gasteiger partial charge in [0, 0.05) is 6.20 Å². The molecule has 0 saturated carbocycles.